The molecule has 0 heterocycles. The number of halogens is 1. The third-order valence-corrected chi connectivity index (χ3v) is 5.58. The molecule has 9 heteroatoms. The molecule has 2 amide bonds. The van der Waals surface area contributed by atoms with Gasteiger partial charge in [0.15, 0.2) is 11.7 Å². The van der Waals surface area contributed by atoms with Crippen LogP contribution in [0, 0.1) is 5.92 Å². The first kappa shape index (κ1) is 27.2. The second-order valence-corrected chi connectivity index (χ2v) is 9.63. The highest BCUT2D eigenvalue weighted by molar-refractivity contribution is 9.10. The molecule has 0 bridgehead atoms. The maximum atomic E-state index is 12.9. The van der Waals surface area contributed by atoms with Crippen LogP contribution in [0.1, 0.15) is 30.6 Å². The van der Waals surface area contributed by atoms with Gasteiger partial charge in [-0.3, -0.25) is 14.9 Å². The minimum absolute atomic E-state index is 0.115. The Morgan fingerprint density at radius 1 is 0.917 bits per heavy atom. The number of amides is 2. The molecule has 7 nitrogen and oxygen atoms in total. The molecule has 0 aromatic heterocycles. The summed E-state index contributed by atoms with van der Waals surface area (Å²) in [5.41, 5.74) is 1.53. The van der Waals surface area contributed by atoms with Crippen LogP contribution in [0.2, 0.25) is 0 Å². The van der Waals surface area contributed by atoms with Gasteiger partial charge in [-0.1, -0.05) is 54.0 Å². The van der Waals surface area contributed by atoms with Crippen molar-refractivity contribution in [1.82, 2.24) is 5.32 Å². The van der Waals surface area contributed by atoms with Crippen molar-refractivity contribution in [2.75, 3.05) is 23.8 Å². The Hall–Kier alpha value is -3.43. The number of rotatable bonds is 10. The summed E-state index contributed by atoms with van der Waals surface area (Å²) in [6.45, 7) is 4.62. The number of thiocarbonyl (C=S) groups is 1. The Balaban J connectivity index is 1.55. The average Bonchev–Trinajstić information content (AvgIpc) is 2.84. The number of hydrogen-bond donors (Lipinski definition) is 3. The SMILES string of the molecule is CC(C)CCOc1ccc(Br)cc1C(=O)NC(=S)Nc1cccc(NC(=O)COc2ccccc2)c1. The topological polar surface area (TPSA) is 88.7 Å². The second kappa shape index (κ2) is 13.6. The van der Waals surface area contributed by atoms with Crippen molar-refractivity contribution >= 4 is 56.4 Å². The van der Waals surface area contributed by atoms with E-state index in [0.29, 0.717) is 41.0 Å². The fourth-order valence-corrected chi connectivity index (χ4v) is 3.65. The van der Waals surface area contributed by atoms with Crippen molar-refractivity contribution in [3.05, 3.63) is 82.8 Å². The number of benzene rings is 3. The predicted octanol–water partition coefficient (Wildman–Crippen LogP) is 6.02. The molecule has 0 fully saturated rings. The summed E-state index contributed by atoms with van der Waals surface area (Å²) in [6.07, 6.45) is 0.877. The number of ether oxygens (including phenoxy) is 2. The molecule has 3 rings (SSSR count). The van der Waals surface area contributed by atoms with Gasteiger partial charge < -0.3 is 20.1 Å². The summed E-state index contributed by atoms with van der Waals surface area (Å²) in [4.78, 5) is 25.1. The maximum absolute atomic E-state index is 12.9. The van der Waals surface area contributed by atoms with Crippen molar-refractivity contribution in [2.45, 2.75) is 20.3 Å². The number of carbonyl (C=O) groups is 2. The minimum Gasteiger partial charge on any atom is -0.493 e. The lowest BCUT2D eigenvalue weighted by molar-refractivity contribution is -0.118. The highest BCUT2D eigenvalue weighted by atomic mass is 79.9. The van der Waals surface area contributed by atoms with Crippen molar-refractivity contribution in [3.8, 4) is 11.5 Å². The molecule has 0 atom stereocenters. The zero-order valence-electron chi connectivity index (χ0n) is 20.0. The van der Waals surface area contributed by atoms with E-state index in [1.807, 2.05) is 24.3 Å². The van der Waals surface area contributed by atoms with Gasteiger partial charge in [-0.05, 0) is 73.1 Å². The summed E-state index contributed by atoms with van der Waals surface area (Å²) in [7, 11) is 0. The van der Waals surface area contributed by atoms with E-state index in [4.69, 9.17) is 21.7 Å². The van der Waals surface area contributed by atoms with Crippen LogP contribution in [0.5, 0.6) is 11.5 Å². The van der Waals surface area contributed by atoms with Crippen molar-refractivity contribution in [3.63, 3.8) is 0 Å². The van der Waals surface area contributed by atoms with Gasteiger partial charge in [0, 0.05) is 15.8 Å². The molecule has 3 aromatic carbocycles. The summed E-state index contributed by atoms with van der Waals surface area (Å²) < 4.78 is 12.0. The van der Waals surface area contributed by atoms with Crippen LogP contribution >= 0.6 is 28.1 Å². The van der Waals surface area contributed by atoms with Crippen LogP contribution in [0.3, 0.4) is 0 Å². The first-order valence-corrected chi connectivity index (χ1v) is 12.6. The van der Waals surface area contributed by atoms with Gasteiger partial charge in [0.05, 0.1) is 12.2 Å². The van der Waals surface area contributed by atoms with E-state index in [9.17, 15) is 9.59 Å². The van der Waals surface area contributed by atoms with Crippen LogP contribution in [-0.2, 0) is 4.79 Å². The summed E-state index contributed by atoms with van der Waals surface area (Å²) in [5, 5.41) is 8.55. The molecule has 0 unspecified atom stereocenters. The van der Waals surface area contributed by atoms with E-state index < -0.39 is 5.91 Å². The molecular formula is C27H28BrN3O4S. The molecule has 0 spiro atoms. The molecule has 0 aliphatic carbocycles. The molecule has 36 heavy (non-hydrogen) atoms. The third-order valence-electron chi connectivity index (χ3n) is 4.88. The quantitative estimate of drug-likeness (QED) is 0.259. The minimum atomic E-state index is -0.393. The normalized spacial score (nSPS) is 10.4. The molecule has 3 N–H and O–H groups in total. The van der Waals surface area contributed by atoms with Crippen LogP contribution in [0.15, 0.2) is 77.3 Å². The zero-order chi connectivity index (χ0) is 25.9. The van der Waals surface area contributed by atoms with Gasteiger partial charge in [-0.25, -0.2) is 0 Å². The first-order chi connectivity index (χ1) is 17.3. The second-order valence-electron chi connectivity index (χ2n) is 8.31. The molecule has 188 valence electrons. The Morgan fingerprint density at radius 3 is 2.36 bits per heavy atom. The number of carbonyl (C=O) groups excluding carboxylic acids is 2. The molecule has 0 radical (unpaired) electrons. The number of anilines is 2. The molecule has 0 aliphatic heterocycles. The standard InChI is InChI=1S/C27H28BrN3O4S/c1-18(2)13-14-34-24-12-11-19(28)15-23(24)26(33)31-27(36)30-21-8-6-7-20(16-21)29-25(32)17-35-22-9-4-3-5-10-22/h3-12,15-16,18H,13-14,17H2,1-2H3,(H,29,32)(H2,30,31,33,36). The number of hydrogen-bond acceptors (Lipinski definition) is 5. The van der Waals surface area contributed by atoms with E-state index in [1.165, 1.54) is 0 Å². The summed E-state index contributed by atoms with van der Waals surface area (Å²) in [5.74, 6) is 0.901. The Labute approximate surface area is 224 Å². The Morgan fingerprint density at radius 2 is 1.64 bits per heavy atom. The van der Waals surface area contributed by atoms with Crippen LogP contribution in [0.4, 0.5) is 11.4 Å². The van der Waals surface area contributed by atoms with Crippen LogP contribution < -0.4 is 25.4 Å². The van der Waals surface area contributed by atoms with Gasteiger partial charge in [0.2, 0.25) is 0 Å². The largest absolute Gasteiger partial charge is 0.493 e. The van der Waals surface area contributed by atoms with Gasteiger partial charge in [-0.2, -0.15) is 0 Å². The fraction of sp³-hybridized carbons (Fsp3) is 0.222. The van der Waals surface area contributed by atoms with E-state index in [1.54, 1.807) is 48.5 Å². The van der Waals surface area contributed by atoms with Crippen molar-refractivity contribution in [1.29, 1.82) is 0 Å². The Bertz CT molecular complexity index is 1200. The predicted molar refractivity (Wildman–Crippen MR) is 150 cm³/mol. The summed E-state index contributed by atoms with van der Waals surface area (Å²) in [6, 6.07) is 21.4. The molecular weight excluding hydrogens is 542 g/mol. The lowest BCUT2D eigenvalue weighted by atomic mass is 10.1. The van der Waals surface area contributed by atoms with Gasteiger partial charge in [0.25, 0.3) is 11.8 Å². The molecule has 3 aromatic rings. The lowest BCUT2D eigenvalue weighted by Gasteiger charge is -2.14. The lowest BCUT2D eigenvalue weighted by Crippen LogP contribution is -2.34. The smallest absolute Gasteiger partial charge is 0.262 e. The number of nitrogens with one attached hydrogen (secondary N) is 3. The average molecular weight is 571 g/mol. The highest BCUT2D eigenvalue weighted by Crippen LogP contribution is 2.24. The van der Waals surface area contributed by atoms with Crippen LogP contribution in [0.25, 0.3) is 0 Å². The van der Waals surface area contributed by atoms with Crippen molar-refractivity contribution in [2.24, 2.45) is 5.92 Å². The fourth-order valence-electron chi connectivity index (χ4n) is 3.08. The highest BCUT2D eigenvalue weighted by Gasteiger charge is 2.15. The van der Waals surface area contributed by atoms with E-state index in [2.05, 4.69) is 45.7 Å². The Kier molecular flexibility index (Phi) is 10.3. The van der Waals surface area contributed by atoms with Crippen LogP contribution in [-0.4, -0.2) is 30.1 Å². The monoisotopic (exact) mass is 569 g/mol. The zero-order valence-corrected chi connectivity index (χ0v) is 22.4. The van der Waals surface area contributed by atoms with E-state index in [-0.39, 0.29) is 17.6 Å². The number of para-hydroxylation sites is 1. The van der Waals surface area contributed by atoms with Gasteiger partial charge >= 0.3 is 0 Å². The first-order valence-electron chi connectivity index (χ1n) is 11.4. The molecule has 0 saturated carbocycles. The maximum Gasteiger partial charge on any atom is 0.262 e. The summed E-state index contributed by atoms with van der Waals surface area (Å²) >= 11 is 8.73. The van der Waals surface area contributed by atoms with E-state index >= 15 is 0 Å². The van der Waals surface area contributed by atoms with Crippen molar-refractivity contribution < 1.29 is 19.1 Å². The van der Waals surface area contributed by atoms with E-state index in [0.717, 1.165) is 10.9 Å². The molecule has 0 saturated heterocycles. The van der Waals surface area contributed by atoms with Gasteiger partial charge in [0.1, 0.15) is 11.5 Å². The van der Waals surface area contributed by atoms with Gasteiger partial charge in [-0.15, -0.1) is 0 Å². The molecule has 0 aliphatic rings. The third kappa shape index (κ3) is 8.98.